The van der Waals surface area contributed by atoms with Crippen molar-refractivity contribution in [1.29, 1.82) is 0 Å². The monoisotopic (exact) mass is 311 g/mol. The lowest BCUT2D eigenvalue weighted by Crippen LogP contribution is -2.13. The van der Waals surface area contributed by atoms with E-state index in [0.717, 1.165) is 24.9 Å². The average molecular weight is 311 g/mol. The van der Waals surface area contributed by atoms with Crippen LogP contribution in [0.3, 0.4) is 0 Å². The van der Waals surface area contributed by atoms with Crippen LogP contribution in [0.4, 0.5) is 5.69 Å². The molecule has 4 nitrogen and oxygen atoms in total. The van der Waals surface area contributed by atoms with Gasteiger partial charge in [-0.3, -0.25) is 4.79 Å². The molecule has 0 bridgehead atoms. The zero-order valence-corrected chi connectivity index (χ0v) is 13.5. The van der Waals surface area contributed by atoms with Gasteiger partial charge in [-0.15, -0.1) is 0 Å². The molecule has 0 aliphatic carbocycles. The van der Waals surface area contributed by atoms with Crippen molar-refractivity contribution >= 4 is 17.6 Å². The Morgan fingerprint density at radius 2 is 1.74 bits per heavy atom. The lowest BCUT2D eigenvalue weighted by atomic mass is 10.1. The van der Waals surface area contributed by atoms with E-state index in [-0.39, 0.29) is 5.91 Å². The summed E-state index contributed by atoms with van der Waals surface area (Å²) in [6, 6.07) is 14.3. The number of esters is 1. The van der Waals surface area contributed by atoms with Gasteiger partial charge in [0.2, 0.25) is 0 Å². The Bertz CT molecular complexity index is 677. The smallest absolute Gasteiger partial charge is 0.337 e. The molecule has 1 amide bonds. The summed E-state index contributed by atoms with van der Waals surface area (Å²) >= 11 is 0. The molecule has 0 saturated heterocycles. The maximum absolute atomic E-state index is 12.3. The van der Waals surface area contributed by atoms with Crippen molar-refractivity contribution in [3.8, 4) is 0 Å². The van der Waals surface area contributed by atoms with Crippen LogP contribution in [-0.2, 0) is 11.2 Å². The van der Waals surface area contributed by atoms with Crippen molar-refractivity contribution in [2.45, 2.75) is 26.2 Å². The summed E-state index contributed by atoms with van der Waals surface area (Å²) in [5, 5.41) is 2.83. The van der Waals surface area contributed by atoms with Crippen LogP contribution in [0.25, 0.3) is 0 Å². The second-order valence-electron chi connectivity index (χ2n) is 5.33. The second-order valence-corrected chi connectivity index (χ2v) is 5.33. The van der Waals surface area contributed by atoms with E-state index < -0.39 is 5.97 Å². The number of benzene rings is 2. The van der Waals surface area contributed by atoms with E-state index in [4.69, 9.17) is 0 Å². The van der Waals surface area contributed by atoms with Crippen LogP contribution in [-0.4, -0.2) is 19.0 Å². The third kappa shape index (κ3) is 4.68. The van der Waals surface area contributed by atoms with Gasteiger partial charge in [-0.1, -0.05) is 31.5 Å². The molecule has 1 N–H and O–H groups in total. The molecule has 23 heavy (non-hydrogen) atoms. The SMILES string of the molecule is CCCCc1ccc(NC(=O)c2cccc(C(=O)OC)c2)cc1. The highest BCUT2D eigenvalue weighted by Crippen LogP contribution is 2.14. The predicted molar refractivity (Wildman–Crippen MR) is 90.8 cm³/mol. The van der Waals surface area contributed by atoms with E-state index in [1.807, 2.05) is 24.3 Å². The molecule has 2 aromatic carbocycles. The van der Waals surface area contributed by atoms with E-state index >= 15 is 0 Å². The Labute approximate surface area is 136 Å². The zero-order chi connectivity index (χ0) is 16.7. The number of carbonyl (C=O) groups is 2. The lowest BCUT2D eigenvalue weighted by Gasteiger charge is -2.07. The highest BCUT2D eigenvalue weighted by Gasteiger charge is 2.10. The van der Waals surface area contributed by atoms with Gasteiger partial charge in [0, 0.05) is 11.3 Å². The van der Waals surface area contributed by atoms with Gasteiger partial charge in [-0.2, -0.15) is 0 Å². The Balaban J connectivity index is 2.05. The van der Waals surface area contributed by atoms with Crippen molar-refractivity contribution in [3.63, 3.8) is 0 Å². The van der Waals surface area contributed by atoms with Crippen LogP contribution in [0.2, 0.25) is 0 Å². The van der Waals surface area contributed by atoms with Crippen LogP contribution in [0, 0.1) is 0 Å². The fourth-order valence-electron chi connectivity index (χ4n) is 2.24. The van der Waals surface area contributed by atoms with Crippen molar-refractivity contribution in [2.24, 2.45) is 0 Å². The maximum atomic E-state index is 12.3. The number of hydrogen-bond acceptors (Lipinski definition) is 3. The third-order valence-corrected chi connectivity index (χ3v) is 3.58. The molecule has 0 fully saturated rings. The summed E-state index contributed by atoms with van der Waals surface area (Å²) in [5.74, 6) is -0.711. The topological polar surface area (TPSA) is 55.4 Å². The number of nitrogens with one attached hydrogen (secondary N) is 1. The molecule has 0 aliphatic rings. The number of unbranched alkanes of at least 4 members (excludes halogenated alkanes) is 1. The van der Waals surface area contributed by atoms with Crippen LogP contribution >= 0.6 is 0 Å². The number of ether oxygens (including phenoxy) is 1. The number of anilines is 1. The van der Waals surface area contributed by atoms with E-state index in [0.29, 0.717) is 11.1 Å². The molecule has 120 valence electrons. The molecule has 2 aromatic rings. The highest BCUT2D eigenvalue weighted by atomic mass is 16.5. The maximum Gasteiger partial charge on any atom is 0.337 e. The Kier molecular flexibility index (Phi) is 5.92. The Morgan fingerprint density at radius 1 is 1.04 bits per heavy atom. The van der Waals surface area contributed by atoms with Crippen molar-refractivity contribution < 1.29 is 14.3 Å². The fraction of sp³-hybridized carbons (Fsp3) is 0.263. The van der Waals surface area contributed by atoms with Gasteiger partial charge < -0.3 is 10.1 Å². The Hall–Kier alpha value is -2.62. The minimum absolute atomic E-state index is 0.253. The van der Waals surface area contributed by atoms with Gasteiger partial charge in [-0.05, 0) is 48.7 Å². The number of amides is 1. The fourth-order valence-corrected chi connectivity index (χ4v) is 2.24. The summed E-state index contributed by atoms with van der Waals surface area (Å²) in [6.07, 6.45) is 3.37. The summed E-state index contributed by atoms with van der Waals surface area (Å²) in [5.41, 5.74) is 2.77. The van der Waals surface area contributed by atoms with Gasteiger partial charge in [0.1, 0.15) is 0 Å². The average Bonchev–Trinajstić information content (AvgIpc) is 2.60. The number of hydrogen-bond donors (Lipinski definition) is 1. The van der Waals surface area contributed by atoms with Gasteiger partial charge in [-0.25, -0.2) is 4.79 Å². The van der Waals surface area contributed by atoms with Crippen LogP contribution in [0.1, 0.15) is 46.0 Å². The minimum atomic E-state index is -0.458. The summed E-state index contributed by atoms with van der Waals surface area (Å²) in [4.78, 5) is 23.8. The standard InChI is InChI=1S/C19H21NO3/c1-3-4-6-14-9-11-17(12-10-14)20-18(21)15-7-5-8-16(13-15)19(22)23-2/h5,7-13H,3-4,6H2,1-2H3,(H,20,21). The summed E-state index contributed by atoms with van der Waals surface area (Å²) in [7, 11) is 1.31. The largest absolute Gasteiger partial charge is 0.465 e. The first kappa shape index (κ1) is 16.7. The molecular formula is C19H21NO3. The van der Waals surface area contributed by atoms with Gasteiger partial charge in [0.15, 0.2) is 0 Å². The van der Waals surface area contributed by atoms with E-state index in [1.54, 1.807) is 18.2 Å². The molecule has 2 rings (SSSR count). The number of methoxy groups -OCH3 is 1. The van der Waals surface area contributed by atoms with Crippen molar-refractivity contribution in [1.82, 2.24) is 0 Å². The molecule has 0 saturated carbocycles. The first-order chi connectivity index (χ1) is 11.1. The molecule has 0 radical (unpaired) electrons. The van der Waals surface area contributed by atoms with E-state index in [9.17, 15) is 9.59 Å². The van der Waals surface area contributed by atoms with Crippen molar-refractivity contribution in [3.05, 3.63) is 65.2 Å². The molecule has 0 aliphatic heterocycles. The van der Waals surface area contributed by atoms with Crippen LogP contribution < -0.4 is 5.32 Å². The first-order valence-electron chi connectivity index (χ1n) is 7.72. The van der Waals surface area contributed by atoms with Crippen LogP contribution in [0.15, 0.2) is 48.5 Å². The first-order valence-corrected chi connectivity index (χ1v) is 7.72. The van der Waals surface area contributed by atoms with E-state index in [1.165, 1.54) is 18.7 Å². The Morgan fingerprint density at radius 3 is 2.39 bits per heavy atom. The molecular weight excluding hydrogens is 290 g/mol. The molecule has 4 heteroatoms. The van der Waals surface area contributed by atoms with E-state index in [2.05, 4.69) is 17.0 Å². The highest BCUT2D eigenvalue weighted by molar-refractivity contribution is 6.05. The molecule has 0 unspecified atom stereocenters. The predicted octanol–water partition coefficient (Wildman–Crippen LogP) is 4.07. The van der Waals surface area contributed by atoms with Gasteiger partial charge in [0.25, 0.3) is 5.91 Å². The minimum Gasteiger partial charge on any atom is -0.465 e. The number of rotatable bonds is 6. The quantitative estimate of drug-likeness (QED) is 0.818. The molecule has 0 aromatic heterocycles. The molecule has 0 heterocycles. The van der Waals surface area contributed by atoms with Gasteiger partial charge >= 0.3 is 5.97 Å². The second kappa shape index (κ2) is 8.13. The normalized spacial score (nSPS) is 10.2. The molecule has 0 atom stereocenters. The summed E-state index contributed by atoms with van der Waals surface area (Å²) < 4.78 is 4.66. The lowest BCUT2D eigenvalue weighted by molar-refractivity contribution is 0.0600. The third-order valence-electron chi connectivity index (χ3n) is 3.58. The number of carbonyl (C=O) groups excluding carboxylic acids is 2. The number of aryl methyl sites for hydroxylation is 1. The molecule has 0 spiro atoms. The summed E-state index contributed by atoms with van der Waals surface area (Å²) in [6.45, 7) is 2.16. The van der Waals surface area contributed by atoms with Crippen LogP contribution in [0.5, 0.6) is 0 Å². The van der Waals surface area contributed by atoms with Crippen molar-refractivity contribution in [2.75, 3.05) is 12.4 Å². The van der Waals surface area contributed by atoms with Gasteiger partial charge in [0.05, 0.1) is 12.7 Å². The zero-order valence-electron chi connectivity index (χ0n) is 13.5.